The first-order valence-corrected chi connectivity index (χ1v) is 11.3. The highest BCUT2D eigenvalue weighted by molar-refractivity contribution is 6.20. The van der Waals surface area contributed by atoms with Crippen molar-refractivity contribution in [3.8, 4) is 11.1 Å². The van der Waals surface area contributed by atoms with Gasteiger partial charge in [-0.25, -0.2) is 0 Å². The number of hydrogen-bond acceptors (Lipinski definition) is 4. The molecule has 6 rings (SSSR count). The number of likely N-dealkylation sites (N-methyl/N-ethyl adjacent to an activating group) is 1. The molecule has 34 heavy (non-hydrogen) atoms. The number of carbonyl (C=O) groups is 2. The van der Waals surface area contributed by atoms with Crippen LogP contribution in [0, 0.1) is 0 Å². The number of amides is 2. The molecule has 1 fully saturated rings. The van der Waals surface area contributed by atoms with Gasteiger partial charge in [0.1, 0.15) is 0 Å². The first-order chi connectivity index (χ1) is 16.5. The fourth-order valence-electron chi connectivity index (χ4n) is 4.89. The van der Waals surface area contributed by atoms with E-state index in [1.807, 2.05) is 47.4 Å². The molecule has 0 aliphatic carbocycles. The van der Waals surface area contributed by atoms with Gasteiger partial charge in [-0.15, -0.1) is 0 Å². The van der Waals surface area contributed by atoms with E-state index < -0.39 is 5.91 Å². The third-order valence-electron chi connectivity index (χ3n) is 6.81. The van der Waals surface area contributed by atoms with Gasteiger partial charge in [0.25, 0.3) is 11.8 Å². The van der Waals surface area contributed by atoms with Crippen molar-refractivity contribution in [2.45, 2.75) is 0 Å². The third-order valence-corrected chi connectivity index (χ3v) is 6.81. The number of hydrogen-bond donors (Lipinski definition) is 3. The Morgan fingerprint density at radius 3 is 2.59 bits per heavy atom. The lowest BCUT2D eigenvalue weighted by atomic mass is 9.96. The zero-order chi connectivity index (χ0) is 23.4. The van der Waals surface area contributed by atoms with Gasteiger partial charge in [-0.3, -0.25) is 14.7 Å². The number of H-pyrrole nitrogens is 2. The van der Waals surface area contributed by atoms with Crippen molar-refractivity contribution in [3.05, 3.63) is 65.9 Å². The van der Waals surface area contributed by atoms with Crippen molar-refractivity contribution in [2.24, 2.45) is 5.73 Å². The predicted octanol–water partition coefficient (Wildman–Crippen LogP) is 3.35. The predicted molar refractivity (Wildman–Crippen MR) is 133 cm³/mol. The van der Waals surface area contributed by atoms with E-state index in [-0.39, 0.29) is 5.91 Å². The Hall–Kier alpha value is -4.17. The standard InChI is InChI=1S/C26H24N6O2/c1-31-8-10-32(11-9-31)26(34)16-4-5-19-22(13-16)29-24-20(25(27)33)7-6-18(23(19)24)15-2-3-17-14-28-30-21(17)12-15/h2-7,12-14,29H,8-11H2,1H3,(H2,27,33)(H,28,30). The highest BCUT2D eigenvalue weighted by Gasteiger charge is 2.22. The Morgan fingerprint density at radius 2 is 1.79 bits per heavy atom. The highest BCUT2D eigenvalue weighted by atomic mass is 16.2. The van der Waals surface area contributed by atoms with Crippen LogP contribution in [-0.2, 0) is 0 Å². The van der Waals surface area contributed by atoms with Gasteiger partial charge < -0.3 is 20.5 Å². The fourth-order valence-corrected chi connectivity index (χ4v) is 4.89. The number of rotatable bonds is 3. The second-order valence-corrected chi connectivity index (χ2v) is 8.93. The number of fused-ring (bicyclic) bond motifs is 4. The van der Waals surface area contributed by atoms with Crippen LogP contribution in [0.2, 0.25) is 0 Å². The van der Waals surface area contributed by atoms with Crippen LogP contribution in [0.5, 0.6) is 0 Å². The number of nitrogens with one attached hydrogen (secondary N) is 2. The maximum atomic E-state index is 13.1. The number of carbonyl (C=O) groups excluding carboxylic acids is 2. The molecular formula is C26H24N6O2. The van der Waals surface area contributed by atoms with Gasteiger partial charge in [-0.2, -0.15) is 5.10 Å². The molecule has 0 bridgehead atoms. The van der Waals surface area contributed by atoms with Crippen LogP contribution in [-0.4, -0.2) is 70.0 Å². The molecule has 1 aliphatic rings. The maximum Gasteiger partial charge on any atom is 0.254 e. The number of benzene rings is 3. The molecule has 3 heterocycles. The molecule has 0 unspecified atom stereocenters. The van der Waals surface area contributed by atoms with Crippen molar-refractivity contribution in [1.29, 1.82) is 0 Å². The summed E-state index contributed by atoms with van der Waals surface area (Å²) in [5.74, 6) is -0.477. The summed E-state index contributed by atoms with van der Waals surface area (Å²) in [4.78, 5) is 32.8. The van der Waals surface area contributed by atoms with Gasteiger partial charge in [0.05, 0.1) is 22.8 Å². The third kappa shape index (κ3) is 3.22. The van der Waals surface area contributed by atoms with E-state index in [4.69, 9.17) is 5.73 Å². The lowest BCUT2D eigenvalue weighted by Crippen LogP contribution is -2.47. The number of aromatic amines is 2. The molecule has 4 N–H and O–H groups in total. The van der Waals surface area contributed by atoms with Gasteiger partial charge in [0, 0.05) is 53.4 Å². The lowest BCUT2D eigenvalue weighted by molar-refractivity contribution is 0.0664. The maximum absolute atomic E-state index is 13.1. The van der Waals surface area contributed by atoms with Gasteiger partial charge in [0.2, 0.25) is 0 Å². The molecule has 0 atom stereocenters. The highest BCUT2D eigenvalue weighted by Crippen LogP contribution is 2.37. The summed E-state index contributed by atoms with van der Waals surface area (Å²) in [6.45, 7) is 3.16. The van der Waals surface area contributed by atoms with E-state index in [2.05, 4.69) is 27.1 Å². The number of primary amides is 1. The minimum absolute atomic E-state index is 0.0219. The van der Waals surface area contributed by atoms with Gasteiger partial charge in [-0.05, 0) is 42.4 Å². The van der Waals surface area contributed by atoms with E-state index in [1.165, 1.54) is 0 Å². The van der Waals surface area contributed by atoms with Crippen LogP contribution in [0.25, 0.3) is 43.8 Å². The topological polar surface area (TPSA) is 111 Å². The molecule has 3 aromatic carbocycles. The minimum Gasteiger partial charge on any atom is -0.366 e. The second kappa shape index (κ2) is 7.71. The summed E-state index contributed by atoms with van der Waals surface area (Å²) in [7, 11) is 2.07. The molecule has 2 aromatic heterocycles. The van der Waals surface area contributed by atoms with Crippen molar-refractivity contribution < 1.29 is 9.59 Å². The second-order valence-electron chi connectivity index (χ2n) is 8.93. The molecule has 2 amide bonds. The Labute approximate surface area is 195 Å². The number of piperazine rings is 1. The number of aromatic nitrogens is 3. The SMILES string of the molecule is CN1CCN(C(=O)c2ccc3c(c2)[nH]c2c(C(N)=O)ccc(-c4ccc5cn[nH]c5c4)c23)CC1. The summed E-state index contributed by atoms with van der Waals surface area (Å²) in [5.41, 5.74) is 11.1. The molecular weight excluding hydrogens is 428 g/mol. The van der Waals surface area contributed by atoms with Crippen LogP contribution in [0.1, 0.15) is 20.7 Å². The molecule has 0 saturated carbocycles. The van der Waals surface area contributed by atoms with Crippen LogP contribution in [0.4, 0.5) is 0 Å². The van der Waals surface area contributed by atoms with E-state index >= 15 is 0 Å². The van der Waals surface area contributed by atoms with Crippen LogP contribution >= 0.6 is 0 Å². The molecule has 8 nitrogen and oxygen atoms in total. The largest absolute Gasteiger partial charge is 0.366 e. The summed E-state index contributed by atoms with van der Waals surface area (Å²) >= 11 is 0. The molecule has 1 aliphatic heterocycles. The Bertz CT molecular complexity index is 1590. The van der Waals surface area contributed by atoms with Crippen LogP contribution in [0.15, 0.2) is 54.7 Å². The Balaban J connectivity index is 1.51. The van der Waals surface area contributed by atoms with Crippen molar-refractivity contribution in [3.63, 3.8) is 0 Å². The van der Waals surface area contributed by atoms with Gasteiger partial charge >= 0.3 is 0 Å². The Morgan fingerprint density at radius 1 is 0.971 bits per heavy atom. The average molecular weight is 453 g/mol. The minimum atomic E-state index is -0.499. The molecule has 0 spiro atoms. The summed E-state index contributed by atoms with van der Waals surface area (Å²) in [5, 5.41) is 10.0. The number of nitrogens with two attached hydrogens (primary N) is 1. The Kier molecular flexibility index (Phi) is 4.63. The lowest BCUT2D eigenvalue weighted by Gasteiger charge is -2.32. The smallest absolute Gasteiger partial charge is 0.254 e. The average Bonchev–Trinajstić information content (AvgIpc) is 3.47. The van der Waals surface area contributed by atoms with Gasteiger partial charge in [-0.1, -0.05) is 24.3 Å². The van der Waals surface area contributed by atoms with E-state index in [9.17, 15) is 9.59 Å². The first-order valence-electron chi connectivity index (χ1n) is 11.3. The van der Waals surface area contributed by atoms with Crippen LogP contribution in [0.3, 0.4) is 0 Å². The van der Waals surface area contributed by atoms with Crippen molar-refractivity contribution >= 4 is 44.5 Å². The first kappa shape index (κ1) is 20.4. The summed E-state index contributed by atoms with van der Waals surface area (Å²) in [6, 6.07) is 15.5. The van der Waals surface area contributed by atoms with Gasteiger partial charge in [0.15, 0.2) is 0 Å². The van der Waals surface area contributed by atoms with Crippen molar-refractivity contribution in [2.75, 3.05) is 33.2 Å². The normalized spacial score (nSPS) is 14.9. The summed E-state index contributed by atoms with van der Waals surface area (Å²) < 4.78 is 0. The number of nitrogens with zero attached hydrogens (tertiary/aromatic N) is 3. The zero-order valence-electron chi connectivity index (χ0n) is 18.8. The molecule has 5 aromatic rings. The van der Waals surface area contributed by atoms with E-state index in [0.717, 1.165) is 51.4 Å². The van der Waals surface area contributed by atoms with E-state index in [1.54, 1.807) is 12.3 Å². The quantitative estimate of drug-likeness (QED) is 0.390. The molecule has 1 saturated heterocycles. The zero-order valence-corrected chi connectivity index (χ0v) is 18.8. The van der Waals surface area contributed by atoms with E-state index in [0.29, 0.717) is 29.7 Å². The molecule has 0 radical (unpaired) electrons. The van der Waals surface area contributed by atoms with Crippen LogP contribution < -0.4 is 5.73 Å². The fraction of sp³-hybridized carbons (Fsp3) is 0.192. The van der Waals surface area contributed by atoms with Crippen molar-refractivity contribution in [1.82, 2.24) is 25.0 Å². The monoisotopic (exact) mass is 452 g/mol. The summed E-state index contributed by atoms with van der Waals surface area (Å²) in [6.07, 6.45) is 1.79. The molecule has 8 heteroatoms. The molecule has 170 valence electrons.